The molecule has 1 aromatic rings. The van der Waals surface area contributed by atoms with Crippen LogP contribution in [-0.2, 0) is 0 Å². The fourth-order valence-electron chi connectivity index (χ4n) is 9.21. The van der Waals surface area contributed by atoms with Crippen LogP contribution in [0.3, 0.4) is 0 Å². The second-order valence-electron chi connectivity index (χ2n) is 13.3. The molecule has 3 saturated carbocycles. The fourth-order valence-corrected chi connectivity index (χ4v) is 10.3. The van der Waals surface area contributed by atoms with Gasteiger partial charge in [-0.05, 0) is 97.7 Å². The first kappa shape index (κ1) is 24.7. The lowest BCUT2D eigenvalue weighted by Crippen LogP contribution is -2.50. The van der Waals surface area contributed by atoms with Crippen molar-refractivity contribution in [1.82, 2.24) is 15.2 Å². The molecule has 4 aliphatic rings. The van der Waals surface area contributed by atoms with Crippen LogP contribution in [0.25, 0.3) is 0 Å². The second-order valence-corrected chi connectivity index (χ2v) is 14.5. The first-order valence-electron chi connectivity index (χ1n) is 14.2. The molecule has 0 radical (unpaired) electrons. The minimum atomic E-state index is 0.417. The Morgan fingerprint density at radius 1 is 1.09 bits per heavy atom. The number of nitrogens with zero attached hydrogens (tertiary/aromatic N) is 2. The molecule has 190 valence electrons. The van der Waals surface area contributed by atoms with E-state index in [0.29, 0.717) is 22.0 Å². The highest BCUT2D eigenvalue weighted by Crippen LogP contribution is 2.67. The van der Waals surface area contributed by atoms with Crippen LogP contribution in [0.5, 0.6) is 0 Å². The van der Waals surface area contributed by atoms with Crippen molar-refractivity contribution in [2.45, 2.75) is 116 Å². The highest BCUT2D eigenvalue weighted by atomic mass is 32.2. The third-order valence-corrected chi connectivity index (χ3v) is 12.1. The molecule has 0 aromatic carbocycles. The van der Waals surface area contributed by atoms with Gasteiger partial charge in [-0.25, -0.2) is 5.10 Å². The van der Waals surface area contributed by atoms with Crippen molar-refractivity contribution in [3.05, 3.63) is 11.6 Å². The lowest BCUT2D eigenvalue weighted by Gasteiger charge is -2.58. The van der Waals surface area contributed by atoms with Gasteiger partial charge >= 0.3 is 0 Å². The Kier molecular flexibility index (Phi) is 6.89. The number of fused-ring (bicyclic) bond motifs is 5. The van der Waals surface area contributed by atoms with Crippen LogP contribution < -0.4 is 5.73 Å². The highest BCUT2D eigenvalue weighted by molar-refractivity contribution is 7.99. The number of nitrogens with two attached hydrogens (primary N) is 1. The van der Waals surface area contributed by atoms with Gasteiger partial charge in [0.25, 0.3) is 0 Å². The van der Waals surface area contributed by atoms with Crippen molar-refractivity contribution in [3.63, 3.8) is 0 Å². The number of aromatic nitrogens is 3. The molecule has 0 saturated heterocycles. The maximum absolute atomic E-state index is 5.75. The number of allylic oxidation sites excluding steroid dienone is 2. The minimum absolute atomic E-state index is 0.417. The largest absolute Gasteiger partial charge is 0.368 e. The molecule has 0 unspecified atom stereocenters. The Morgan fingerprint density at radius 3 is 2.65 bits per heavy atom. The van der Waals surface area contributed by atoms with E-state index < -0.39 is 0 Å². The standard InChI is InChI=1S/C29H48N4S/c1-18(2)7-6-8-19(3)23-11-12-24-22-10-9-20-17-21(34-27-31-26(30)32-33-27)13-15-28(20,4)25(22)14-16-29(23,24)5/h9,18-19,21-25H,6-8,10-17H2,1-5H3,(H3,30,31,32,33)/t19-,21+,22-,23-,24+,25-,28-,29-/m0/s1. The van der Waals surface area contributed by atoms with Crippen molar-refractivity contribution in [2.24, 2.45) is 46.3 Å². The lowest BCUT2D eigenvalue weighted by atomic mass is 9.47. The molecule has 5 rings (SSSR count). The van der Waals surface area contributed by atoms with Crippen molar-refractivity contribution < 1.29 is 0 Å². The molecular formula is C29H48N4S. The smallest absolute Gasteiger partial charge is 0.216 e. The summed E-state index contributed by atoms with van der Waals surface area (Å²) in [5.41, 5.74) is 8.50. The third-order valence-electron chi connectivity index (χ3n) is 11.0. The number of aromatic amines is 1. The van der Waals surface area contributed by atoms with E-state index >= 15 is 0 Å². The van der Waals surface area contributed by atoms with Crippen molar-refractivity contribution in [3.8, 4) is 0 Å². The van der Waals surface area contributed by atoms with E-state index in [9.17, 15) is 0 Å². The van der Waals surface area contributed by atoms with Gasteiger partial charge in [0.15, 0.2) is 0 Å². The number of H-pyrrole nitrogens is 1. The van der Waals surface area contributed by atoms with Gasteiger partial charge in [-0.1, -0.05) is 77.3 Å². The topological polar surface area (TPSA) is 67.6 Å². The summed E-state index contributed by atoms with van der Waals surface area (Å²) >= 11 is 1.82. The summed E-state index contributed by atoms with van der Waals surface area (Å²) < 4.78 is 0. The van der Waals surface area contributed by atoms with E-state index in [1.807, 2.05) is 11.8 Å². The van der Waals surface area contributed by atoms with E-state index in [2.05, 4.69) is 55.9 Å². The summed E-state index contributed by atoms with van der Waals surface area (Å²) in [6.45, 7) is 12.7. The quantitative estimate of drug-likeness (QED) is 0.386. The highest BCUT2D eigenvalue weighted by Gasteiger charge is 2.59. The molecule has 4 aliphatic carbocycles. The fraction of sp³-hybridized carbons (Fsp3) is 0.862. The first-order chi connectivity index (χ1) is 16.2. The van der Waals surface area contributed by atoms with Gasteiger partial charge in [0.2, 0.25) is 11.1 Å². The maximum Gasteiger partial charge on any atom is 0.216 e. The second kappa shape index (κ2) is 9.48. The summed E-state index contributed by atoms with van der Waals surface area (Å²) in [6, 6.07) is 0. The Labute approximate surface area is 212 Å². The van der Waals surface area contributed by atoms with Crippen LogP contribution >= 0.6 is 11.8 Å². The Morgan fingerprint density at radius 2 is 1.91 bits per heavy atom. The molecule has 8 atom stereocenters. The van der Waals surface area contributed by atoms with E-state index in [4.69, 9.17) is 5.73 Å². The Bertz CT molecular complexity index is 892. The van der Waals surface area contributed by atoms with Gasteiger partial charge in [-0.2, -0.15) is 4.98 Å². The number of hydrogen-bond donors (Lipinski definition) is 2. The monoisotopic (exact) mass is 484 g/mol. The van der Waals surface area contributed by atoms with Gasteiger partial charge in [0, 0.05) is 5.25 Å². The summed E-state index contributed by atoms with van der Waals surface area (Å²) in [7, 11) is 0. The summed E-state index contributed by atoms with van der Waals surface area (Å²) in [5.74, 6) is 5.88. The zero-order chi connectivity index (χ0) is 24.1. The van der Waals surface area contributed by atoms with Crippen molar-refractivity contribution >= 4 is 17.7 Å². The molecule has 0 spiro atoms. The van der Waals surface area contributed by atoms with Gasteiger partial charge in [0.1, 0.15) is 0 Å². The summed E-state index contributed by atoms with van der Waals surface area (Å²) in [5, 5.41) is 8.46. The third kappa shape index (κ3) is 4.37. The van der Waals surface area contributed by atoms with Crippen LogP contribution in [0.2, 0.25) is 0 Å². The number of thioether (sulfide) groups is 1. The maximum atomic E-state index is 5.75. The SMILES string of the molecule is CC(C)CCC[C@H](C)[C@@H]1CC[C@@H]2[C@@H]3CC=C4C[C@H](Sc5n[nH]c(N)n5)CC[C@]4(C)[C@H]3CC[C@]21C. The summed E-state index contributed by atoms with van der Waals surface area (Å²) in [6.07, 6.45) is 18.0. The van der Waals surface area contributed by atoms with Crippen LogP contribution in [0.4, 0.5) is 5.95 Å². The van der Waals surface area contributed by atoms with Gasteiger partial charge in [-0.15, -0.1) is 5.10 Å². The van der Waals surface area contributed by atoms with E-state index in [1.165, 1.54) is 70.6 Å². The molecule has 1 heterocycles. The van der Waals surface area contributed by atoms with Crippen molar-refractivity contribution in [2.75, 3.05) is 5.73 Å². The molecule has 5 heteroatoms. The van der Waals surface area contributed by atoms with Crippen molar-refractivity contribution in [1.29, 1.82) is 0 Å². The van der Waals surface area contributed by atoms with E-state index in [1.54, 1.807) is 5.57 Å². The predicted molar refractivity (Wildman–Crippen MR) is 143 cm³/mol. The zero-order valence-electron chi connectivity index (χ0n) is 22.3. The molecule has 0 bridgehead atoms. The van der Waals surface area contributed by atoms with Gasteiger partial charge < -0.3 is 5.73 Å². The van der Waals surface area contributed by atoms with Crippen LogP contribution in [0, 0.1) is 46.3 Å². The first-order valence-corrected chi connectivity index (χ1v) is 15.1. The van der Waals surface area contributed by atoms with Crippen LogP contribution in [-0.4, -0.2) is 20.4 Å². The van der Waals surface area contributed by atoms with Gasteiger partial charge in [0.05, 0.1) is 0 Å². The average molecular weight is 485 g/mol. The minimum Gasteiger partial charge on any atom is -0.368 e. The summed E-state index contributed by atoms with van der Waals surface area (Å²) in [4.78, 5) is 4.34. The van der Waals surface area contributed by atoms with E-state index in [0.717, 1.165) is 40.7 Å². The molecule has 3 N–H and O–H groups in total. The molecule has 0 aliphatic heterocycles. The molecule has 1 aromatic heterocycles. The zero-order valence-corrected chi connectivity index (χ0v) is 23.1. The molecule has 0 amide bonds. The van der Waals surface area contributed by atoms with Crippen LogP contribution in [0.1, 0.15) is 105 Å². The van der Waals surface area contributed by atoms with E-state index in [-0.39, 0.29) is 0 Å². The number of hydrogen-bond acceptors (Lipinski definition) is 4. The molecule has 34 heavy (non-hydrogen) atoms. The lowest BCUT2D eigenvalue weighted by molar-refractivity contribution is -0.0497. The number of nitrogen functional groups attached to an aromatic ring is 1. The van der Waals surface area contributed by atoms with Crippen LogP contribution in [0.15, 0.2) is 16.8 Å². The normalized spacial score (nSPS) is 40.4. The van der Waals surface area contributed by atoms with Gasteiger partial charge in [-0.3, -0.25) is 0 Å². The molecular weight excluding hydrogens is 436 g/mol. The number of rotatable bonds is 7. The molecule has 3 fully saturated rings. The Hall–Kier alpha value is -0.970. The predicted octanol–water partition coefficient (Wildman–Crippen LogP) is 7.89. The number of anilines is 1. The Balaban J connectivity index is 1.27. The molecule has 4 nitrogen and oxygen atoms in total. The number of nitrogens with one attached hydrogen (secondary N) is 1. The average Bonchev–Trinajstić information content (AvgIpc) is 3.35.